The van der Waals surface area contributed by atoms with Gasteiger partial charge in [-0.15, -0.1) is 12.4 Å². The largest absolute Gasteiger partial charge is 0.309 e. The molecule has 0 aliphatic carbocycles. The topological polar surface area (TPSA) is 73.8 Å². The van der Waals surface area contributed by atoms with Crippen LogP contribution in [0.2, 0.25) is 0 Å². The van der Waals surface area contributed by atoms with Gasteiger partial charge in [-0.2, -0.15) is 4.31 Å². The Balaban J connectivity index is 0.00000441. The van der Waals surface area contributed by atoms with Gasteiger partial charge in [-0.25, -0.2) is 13.4 Å². The quantitative estimate of drug-likeness (QED) is 0.197. The maximum atomic E-state index is 13.7. The van der Waals surface area contributed by atoms with Crippen molar-refractivity contribution in [3.8, 4) is 0 Å². The predicted molar refractivity (Wildman–Crippen MR) is 167 cm³/mol. The minimum atomic E-state index is -3.72. The number of fused-ring (bicyclic) bond motifs is 1. The molecule has 0 spiro atoms. The number of halogens is 1. The number of aromatic nitrogens is 1. The zero-order chi connectivity index (χ0) is 28.0. The van der Waals surface area contributed by atoms with Gasteiger partial charge in [0.2, 0.25) is 10.0 Å². The summed E-state index contributed by atoms with van der Waals surface area (Å²) in [5, 5.41) is 0.652. The zero-order valence-electron chi connectivity index (χ0n) is 23.4. The number of benzene rings is 3. The fraction of sp³-hybridized carbons (Fsp3) is 0.333. The monoisotopic (exact) mass is 600 g/mol. The van der Waals surface area contributed by atoms with E-state index in [1.165, 1.54) is 33.3 Å². The van der Waals surface area contributed by atoms with Crippen LogP contribution in [0.1, 0.15) is 41.8 Å². The number of anilines is 1. The molecular weight excluding hydrogens is 564 g/mol. The van der Waals surface area contributed by atoms with Gasteiger partial charge in [0.25, 0.3) is 5.91 Å². The van der Waals surface area contributed by atoms with E-state index in [1.54, 1.807) is 17.0 Å². The normalized spacial score (nSPS) is 11.7. The fourth-order valence-corrected chi connectivity index (χ4v) is 6.84. The first-order valence-electron chi connectivity index (χ1n) is 13.2. The zero-order valence-corrected chi connectivity index (χ0v) is 25.9. The first-order chi connectivity index (χ1) is 18.7. The summed E-state index contributed by atoms with van der Waals surface area (Å²) >= 11 is 1.51. The van der Waals surface area contributed by atoms with Crippen LogP contribution in [-0.2, 0) is 23.0 Å². The van der Waals surface area contributed by atoms with Crippen molar-refractivity contribution in [2.24, 2.45) is 0 Å². The van der Waals surface area contributed by atoms with E-state index in [2.05, 4.69) is 24.0 Å². The van der Waals surface area contributed by atoms with Crippen molar-refractivity contribution in [3.05, 3.63) is 89.5 Å². The van der Waals surface area contributed by atoms with E-state index < -0.39 is 10.0 Å². The number of amides is 1. The van der Waals surface area contributed by atoms with E-state index >= 15 is 0 Å². The first-order valence-corrected chi connectivity index (χ1v) is 15.5. The molecule has 0 saturated carbocycles. The molecule has 3 aromatic carbocycles. The highest BCUT2D eigenvalue weighted by Gasteiger charge is 2.25. The van der Waals surface area contributed by atoms with Gasteiger partial charge in [0.05, 0.1) is 15.1 Å². The second kappa shape index (κ2) is 14.2. The Morgan fingerprint density at radius 1 is 0.900 bits per heavy atom. The van der Waals surface area contributed by atoms with Gasteiger partial charge in [-0.1, -0.05) is 61.6 Å². The maximum Gasteiger partial charge on any atom is 0.260 e. The molecule has 1 aromatic heterocycles. The molecule has 0 aliphatic rings. The number of carbonyl (C=O) groups excluding carboxylic acids is 1. The number of nitrogens with zero attached hydrogens (tertiary/aromatic N) is 4. The average Bonchev–Trinajstić information content (AvgIpc) is 3.37. The summed E-state index contributed by atoms with van der Waals surface area (Å²) in [6.45, 7) is 5.92. The Morgan fingerprint density at radius 2 is 1.60 bits per heavy atom. The van der Waals surface area contributed by atoms with Crippen molar-refractivity contribution in [2.45, 2.75) is 38.1 Å². The first kappa shape index (κ1) is 31.7. The summed E-state index contributed by atoms with van der Waals surface area (Å²) in [7, 11) is 0.294. The predicted octanol–water partition coefficient (Wildman–Crippen LogP) is 6.09. The molecule has 0 aliphatic heterocycles. The molecule has 0 bridgehead atoms. The number of hydrogen-bond donors (Lipinski definition) is 0. The van der Waals surface area contributed by atoms with Gasteiger partial charge in [0, 0.05) is 25.2 Å². The Bertz CT molecular complexity index is 1510. The van der Waals surface area contributed by atoms with E-state index in [9.17, 15) is 13.2 Å². The number of carbonyl (C=O) groups is 1. The highest BCUT2D eigenvalue weighted by Crippen LogP contribution is 2.31. The van der Waals surface area contributed by atoms with Gasteiger partial charge < -0.3 is 4.90 Å². The lowest BCUT2D eigenvalue weighted by molar-refractivity contribution is 0.0986. The van der Waals surface area contributed by atoms with Crippen molar-refractivity contribution >= 4 is 55.0 Å². The van der Waals surface area contributed by atoms with Crippen molar-refractivity contribution in [2.75, 3.05) is 38.6 Å². The molecule has 40 heavy (non-hydrogen) atoms. The van der Waals surface area contributed by atoms with Crippen molar-refractivity contribution < 1.29 is 13.2 Å². The van der Waals surface area contributed by atoms with Crippen LogP contribution in [0.25, 0.3) is 10.2 Å². The standard InChI is InChI=1S/C30H36N4O3S2.ClH/c1-5-23-13-18-27-28(21-23)38-30(31-27)34(20-10-19-32(3)4)29(35)25-14-16-26(17-15-25)39(36,37)33(6-2)22-24-11-8-7-9-12-24;/h7-9,11-18,21H,5-6,10,19-20,22H2,1-4H3;1H. The van der Waals surface area contributed by atoms with Crippen molar-refractivity contribution in [3.63, 3.8) is 0 Å². The lowest BCUT2D eigenvalue weighted by atomic mass is 10.2. The van der Waals surface area contributed by atoms with Crippen LogP contribution in [0, 0.1) is 0 Å². The SMILES string of the molecule is CCc1ccc2nc(N(CCCN(C)C)C(=O)c3ccc(S(=O)(=O)N(CC)Cc4ccccc4)cc3)sc2c1.Cl. The minimum Gasteiger partial charge on any atom is -0.309 e. The lowest BCUT2D eigenvalue weighted by Crippen LogP contribution is -2.33. The lowest BCUT2D eigenvalue weighted by Gasteiger charge is -2.22. The molecule has 0 saturated heterocycles. The third-order valence-corrected chi connectivity index (χ3v) is 9.58. The Kier molecular flexibility index (Phi) is 11.2. The summed E-state index contributed by atoms with van der Waals surface area (Å²) in [6.07, 6.45) is 1.72. The summed E-state index contributed by atoms with van der Waals surface area (Å²) in [5.41, 5.74) is 3.45. The molecule has 0 unspecified atom stereocenters. The molecule has 1 amide bonds. The van der Waals surface area contributed by atoms with Crippen molar-refractivity contribution in [1.29, 1.82) is 0 Å². The molecule has 0 fully saturated rings. The van der Waals surface area contributed by atoms with Gasteiger partial charge in [0.15, 0.2) is 5.13 Å². The molecule has 0 radical (unpaired) electrons. The van der Waals surface area contributed by atoms with Gasteiger partial charge >= 0.3 is 0 Å². The van der Waals surface area contributed by atoms with Crippen LogP contribution in [0.5, 0.6) is 0 Å². The van der Waals surface area contributed by atoms with Gasteiger partial charge in [-0.05, 0) is 81.0 Å². The molecule has 214 valence electrons. The molecule has 4 aromatic rings. The summed E-state index contributed by atoms with van der Waals surface area (Å²) < 4.78 is 29.3. The second-order valence-corrected chi connectivity index (χ2v) is 12.7. The van der Waals surface area contributed by atoms with Crippen LogP contribution in [0.4, 0.5) is 5.13 Å². The van der Waals surface area contributed by atoms with Crippen LogP contribution in [-0.4, -0.2) is 62.2 Å². The van der Waals surface area contributed by atoms with E-state index in [0.717, 1.165) is 35.2 Å². The average molecular weight is 601 g/mol. The van der Waals surface area contributed by atoms with Crippen LogP contribution in [0.3, 0.4) is 0 Å². The van der Waals surface area contributed by atoms with E-state index in [4.69, 9.17) is 4.98 Å². The Morgan fingerprint density at radius 3 is 2.23 bits per heavy atom. The number of hydrogen-bond acceptors (Lipinski definition) is 6. The Labute approximate surface area is 247 Å². The number of sulfonamides is 1. The summed E-state index contributed by atoms with van der Waals surface area (Å²) in [4.78, 5) is 22.5. The third-order valence-electron chi connectivity index (χ3n) is 6.61. The van der Waals surface area contributed by atoms with E-state index in [0.29, 0.717) is 23.8 Å². The van der Waals surface area contributed by atoms with Crippen LogP contribution in [0.15, 0.2) is 77.7 Å². The van der Waals surface area contributed by atoms with Gasteiger partial charge in [-0.3, -0.25) is 9.69 Å². The number of rotatable bonds is 12. The highest BCUT2D eigenvalue weighted by atomic mass is 35.5. The number of aryl methyl sites for hydroxylation is 1. The molecule has 0 atom stereocenters. The molecule has 7 nitrogen and oxygen atoms in total. The highest BCUT2D eigenvalue weighted by molar-refractivity contribution is 7.89. The van der Waals surface area contributed by atoms with E-state index in [1.807, 2.05) is 57.4 Å². The molecule has 0 N–H and O–H groups in total. The maximum absolute atomic E-state index is 13.7. The van der Waals surface area contributed by atoms with E-state index in [-0.39, 0.29) is 29.8 Å². The second-order valence-electron chi connectivity index (χ2n) is 9.71. The van der Waals surface area contributed by atoms with Gasteiger partial charge in [0.1, 0.15) is 0 Å². The minimum absolute atomic E-state index is 0. The smallest absolute Gasteiger partial charge is 0.260 e. The summed E-state index contributed by atoms with van der Waals surface area (Å²) in [5.74, 6) is -0.191. The van der Waals surface area contributed by atoms with Crippen LogP contribution < -0.4 is 4.90 Å². The fourth-order valence-electron chi connectivity index (χ4n) is 4.35. The van der Waals surface area contributed by atoms with Crippen molar-refractivity contribution in [1.82, 2.24) is 14.2 Å². The molecule has 1 heterocycles. The molecular formula is C30H37ClN4O3S2. The summed E-state index contributed by atoms with van der Waals surface area (Å²) in [6, 6.07) is 22.0. The number of thiazole rings is 1. The molecule has 10 heteroatoms. The molecule has 4 rings (SSSR count). The third kappa shape index (κ3) is 7.47. The Hall–Kier alpha value is -2.82. The van der Waals surface area contributed by atoms with Crippen LogP contribution >= 0.6 is 23.7 Å².